The van der Waals surface area contributed by atoms with E-state index in [0.717, 1.165) is 0 Å². The van der Waals surface area contributed by atoms with E-state index in [4.69, 9.17) is 21.1 Å². The Balaban J connectivity index is 1.74. The highest BCUT2D eigenvalue weighted by molar-refractivity contribution is 6.30. The van der Waals surface area contributed by atoms with E-state index in [9.17, 15) is 9.59 Å². The number of fused-ring (bicyclic) bond motifs is 1. The highest BCUT2D eigenvalue weighted by Crippen LogP contribution is 2.30. The van der Waals surface area contributed by atoms with Crippen LogP contribution in [0, 0.1) is 5.82 Å². The van der Waals surface area contributed by atoms with Crippen molar-refractivity contribution in [3.63, 3.8) is 0 Å². The van der Waals surface area contributed by atoms with Crippen LogP contribution in [0.5, 0.6) is 0 Å². The highest BCUT2D eigenvalue weighted by Gasteiger charge is 2.28. The second kappa shape index (κ2) is 9.13. The number of nitrogens with zero attached hydrogens (tertiary/aromatic N) is 3. The number of carbonyl (C=O) groups is 2. The number of hydrogen-bond donors (Lipinski definition) is 1. The van der Waals surface area contributed by atoms with Gasteiger partial charge in [-0.1, -0.05) is 11.6 Å². The van der Waals surface area contributed by atoms with Gasteiger partial charge in [-0.25, -0.2) is 14.2 Å². The van der Waals surface area contributed by atoms with E-state index in [1.807, 2.05) is 4.40 Å². The van der Waals surface area contributed by atoms with Gasteiger partial charge in [-0.3, -0.25) is 4.79 Å². The van der Waals surface area contributed by atoms with Crippen LogP contribution in [0.4, 0.5) is 9.18 Å². The topological polar surface area (TPSA) is 85.2 Å². The van der Waals surface area contributed by atoms with Crippen molar-refractivity contribution >= 4 is 29.2 Å². The first-order valence-electron chi connectivity index (χ1n) is 10.0. The number of benzene rings is 1. The Labute approximate surface area is 188 Å². The fourth-order valence-electron chi connectivity index (χ4n) is 3.83. The van der Waals surface area contributed by atoms with Crippen molar-refractivity contribution in [2.45, 2.75) is 12.5 Å². The first-order chi connectivity index (χ1) is 15.4. The molecule has 2 amide bonds. The predicted octanol–water partition coefficient (Wildman–Crippen LogP) is 3.16. The second-order valence-corrected chi connectivity index (χ2v) is 7.80. The molecule has 1 N–H and O–H groups in total. The summed E-state index contributed by atoms with van der Waals surface area (Å²) in [6, 6.07) is 7.68. The summed E-state index contributed by atoms with van der Waals surface area (Å²) in [5.41, 5.74) is 2.16. The van der Waals surface area contributed by atoms with E-state index in [-0.39, 0.29) is 23.1 Å². The molecule has 1 aliphatic heterocycles. The molecule has 1 fully saturated rings. The molecule has 32 heavy (non-hydrogen) atoms. The molecule has 3 heterocycles. The van der Waals surface area contributed by atoms with Gasteiger partial charge in [-0.15, -0.1) is 0 Å². The van der Waals surface area contributed by atoms with E-state index < -0.39 is 11.9 Å². The van der Waals surface area contributed by atoms with Crippen LogP contribution in [-0.2, 0) is 15.9 Å². The van der Waals surface area contributed by atoms with Crippen molar-refractivity contribution < 1.29 is 23.5 Å². The molecular formula is C22H22ClFN4O4. The average Bonchev–Trinajstić information content (AvgIpc) is 3.14. The van der Waals surface area contributed by atoms with Crippen LogP contribution in [0.2, 0.25) is 5.02 Å². The molecule has 10 heteroatoms. The van der Waals surface area contributed by atoms with Crippen LogP contribution in [-0.4, -0.2) is 66.2 Å². The molecule has 1 aliphatic rings. The van der Waals surface area contributed by atoms with Crippen LogP contribution < -0.4 is 5.32 Å². The van der Waals surface area contributed by atoms with Crippen molar-refractivity contribution in [3.05, 3.63) is 58.6 Å². The van der Waals surface area contributed by atoms with Gasteiger partial charge in [-0.05, 0) is 24.3 Å². The normalized spacial score (nSPS) is 16.2. The molecule has 0 spiro atoms. The van der Waals surface area contributed by atoms with E-state index in [2.05, 4.69) is 10.3 Å². The summed E-state index contributed by atoms with van der Waals surface area (Å²) in [7, 11) is 2.82. The van der Waals surface area contributed by atoms with Crippen LogP contribution in [0.1, 0.15) is 16.1 Å². The van der Waals surface area contributed by atoms with Crippen molar-refractivity contribution in [2.75, 3.05) is 33.9 Å². The summed E-state index contributed by atoms with van der Waals surface area (Å²) in [5, 5.41) is 2.98. The lowest BCUT2D eigenvalue weighted by Crippen LogP contribution is -2.46. The number of methoxy groups -OCH3 is 1. The van der Waals surface area contributed by atoms with Crippen molar-refractivity contribution in [3.8, 4) is 11.3 Å². The monoisotopic (exact) mass is 460 g/mol. The zero-order valence-corrected chi connectivity index (χ0v) is 18.4. The summed E-state index contributed by atoms with van der Waals surface area (Å²) in [6.45, 7) is 1.15. The van der Waals surface area contributed by atoms with Crippen LogP contribution >= 0.6 is 11.6 Å². The molecule has 2 aromatic heterocycles. The third-order valence-corrected chi connectivity index (χ3v) is 5.63. The Kier molecular flexibility index (Phi) is 6.29. The van der Waals surface area contributed by atoms with Gasteiger partial charge >= 0.3 is 6.09 Å². The molecule has 0 aliphatic carbocycles. The smallest absolute Gasteiger partial charge is 0.409 e. The maximum absolute atomic E-state index is 15.1. The number of ether oxygens (including phenoxy) is 2. The summed E-state index contributed by atoms with van der Waals surface area (Å²) < 4.78 is 27.6. The Morgan fingerprint density at radius 3 is 2.88 bits per heavy atom. The number of amides is 2. The van der Waals surface area contributed by atoms with Gasteiger partial charge < -0.3 is 24.1 Å². The minimum absolute atomic E-state index is 0.214. The Morgan fingerprint density at radius 1 is 1.34 bits per heavy atom. The number of hydrogen-bond acceptors (Lipinski definition) is 5. The molecule has 168 valence electrons. The van der Waals surface area contributed by atoms with Crippen molar-refractivity contribution in [1.29, 1.82) is 0 Å². The van der Waals surface area contributed by atoms with Crippen LogP contribution in [0.25, 0.3) is 16.9 Å². The van der Waals surface area contributed by atoms with Crippen LogP contribution in [0.15, 0.2) is 36.5 Å². The Bertz CT molecular complexity index is 1180. The lowest BCUT2D eigenvalue weighted by atomic mass is 10.0. The van der Waals surface area contributed by atoms with Crippen molar-refractivity contribution in [1.82, 2.24) is 19.6 Å². The number of rotatable bonds is 4. The van der Waals surface area contributed by atoms with Gasteiger partial charge in [0.1, 0.15) is 11.5 Å². The predicted molar refractivity (Wildman–Crippen MR) is 116 cm³/mol. The molecule has 1 aromatic carbocycles. The Hall–Kier alpha value is -3.17. The largest absolute Gasteiger partial charge is 0.453 e. The van der Waals surface area contributed by atoms with Gasteiger partial charge in [0.2, 0.25) is 0 Å². The second-order valence-electron chi connectivity index (χ2n) is 7.37. The third kappa shape index (κ3) is 4.26. The van der Waals surface area contributed by atoms with Gasteiger partial charge in [0.25, 0.3) is 5.91 Å². The molecule has 1 atom stereocenters. The number of imidazole rings is 1. The molecule has 1 saturated heterocycles. The zero-order chi connectivity index (χ0) is 22.8. The zero-order valence-electron chi connectivity index (χ0n) is 17.6. The van der Waals surface area contributed by atoms with Gasteiger partial charge in [0, 0.05) is 48.4 Å². The fourth-order valence-corrected chi connectivity index (χ4v) is 3.98. The first kappa shape index (κ1) is 22.0. The number of morpholine rings is 1. The van der Waals surface area contributed by atoms with E-state index >= 15 is 4.39 Å². The summed E-state index contributed by atoms with van der Waals surface area (Å²) in [4.78, 5) is 30.0. The molecule has 0 bridgehead atoms. The molecule has 4 rings (SSSR count). The summed E-state index contributed by atoms with van der Waals surface area (Å²) in [5.74, 6) is -0.946. The summed E-state index contributed by atoms with van der Waals surface area (Å²) in [6.07, 6.45) is 1.40. The molecule has 8 nitrogen and oxygen atoms in total. The number of aromatic nitrogens is 2. The number of nitrogens with one attached hydrogen (secondary N) is 1. The number of carbonyl (C=O) groups excluding carboxylic acids is 2. The summed E-state index contributed by atoms with van der Waals surface area (Å²) >= 11 is 6.14. The van der Waals surface area contributed by atoms with Gasteiger partial charge in [-0.2, -0.15) is 0 Å². The highest BCUT2D eigenvalue weighted by atomic mass is 35.5. The molecule has 1 unspecified atom stereocenters. The van der Waals surface area contributed by atoms with E-state index in [0.29, 0.717) is 48.2 Å². The van der Waals surface area contributed by atoms with Crippen molar-refractivity contribution in [2.24, 2.45) is 0 Å². The minimum atomic E-state index is -0.567. The average molecular weight is 461 g/mol. The fraction of sp³-hybridized carbons (Fsp3) is 0.318. The maximum atomic E-state index is 15.1. The molecule has 0 saturated carbocycles. The standard InChI is InChI=1S/C22H22ClFN4O4/c1-25-21(29)13-3-4-16(17(24)9-13)20-18(28-6-5-14(23)10-19(28)26-20)11-15-12-27(7-8-32-15)22(30)31-2/h3-6,9-10,15H,7-8,11-12H2,1-2H3,(H,25,29). The first-order valence-corrected chi connectivity index (χ1v) is 10.4. The van der Waals surface area contributed by atoms with Gasteiger partial charge in [0.05, 0.1) is 37.8 Å². The lowest BCUT2D eigenvalue weighted by molar-refractivity contribution is -0.0241. The SMILES string of the molecule is CNC(=O)c1ccc(-c2nc3cc(Cl)ccn3c2CC2CN(C(=O)OC)CCO2)c(F)c1. The van der Waals surface area contributed by atoms with Crippen LogP contribution in [0.3, 0.4) is 0 Å². The number of pyridine rings is 1. The maximum Gasteiger partial charge on any atom is 0.409 e. The molecule has 0 radical (unpaired) electrons. The quantitative estimate of drug-likeness (QED) is 0.646. The Morgan fingerprint density at radius 2 is 2.16 bits per heavy atom. The minimum Gasteiger partial charge on any atom is -0.453 e. The number of halogens is 2. The van der Waals surface area contributed by atoms with Gasteiger partial charge in [0.15, 0.2) is 0 Å². The molecular weight excluding hydrogens is 439 g/mol. The lowest BCUT2D eigenvalue weighted by Gasteiger charge is -2.32. The van der Waals surface area contributed by atoms with E-state index in [1.54, 1.807) is 29.3 Å². The molecule has 3 aromatic rings. The van der Waals surface area contributed by atoms with E-state index in [1.165, 1.54) is 26.3 Å². The third-order valence-electron chi connectivity index (χ3n) is 5.39.